The molecule has 2 aromatic rings. The molecule has 0 spiro atoms. The van der Waals surface area contributed by atoms with Crippen LogP contribution in [-0.4, -0.2) is 33.9 Å². The third kappa shape index (κ3) is 5.00. The SMILES string of the molecule is Cc1nn(C)c(C)c1NC(=O)CNC(=O)CCC(=O)c1ccccc1. The summed E-state index contributed by atoms with van der Waals surface area (Å²) in [6.45, 7) is 3.51. The summed E-state index contributed by atoms with van der Waals surface area (Å²) in [6, 6.07) is 8.81. The molecule has 0 saturated heterocycles. The van der Waals surface area contributed by atoms with E-state index in [1.807, 2.05) is 13.0 Å². The van der Waals surface area contributed by atoms with E-state index in [-0.39, 0.29) is 37.0 Å². The van der Waals surface area contributed by atoms with E-state index in [0.717, 1.165) is 5.69 Å². The largest absolute Gasteiger partial charge is 0.347 e. The van der Waals surface area contributed by atoms with Crippen LogP contribution in [0.15, 0.2) is 30.3 Å². The molecule has 0 saturated carbocycles. The molecule has 1 aromatic carbocycles. The van der Waals surface area contributed by atoms with E-state index in [2.05, 4.69) is 15.7 Å². The zero-order valence-corrected chi connectivity index (χ0v) is 14.6. The van der Waals surface area contributed by atoms with Gasteiger partial charge in [0.25, 0.3) is 0 Å². The molecule has 0 unspecified atom stereocenters. The van der Waals surface area contributed by atoms with Crippen LogP contribution < -0.4 is 10.6 Å². The summed E-state index contributed by atoms with van der Waals surface area (Å²) in [5.41, 5.74) is 2.79. The first-order valence-corrected chi connectivity index (χ1v) is 8.03. The molecule has 0 aliphatic carbocycles. The summed E-state index contributed by atoms with van der Waals surface area (Å²) in [6.07, 6.45) is 0.157. The minimum absolute atomic E-state index is 0.0476. The topological polar surface area (TPSA) is 93.1 Å². The normalized spacial score (nSPS) is 10.4. The Morgan fingerprint density at radius 1 is 1.04 bits per heavy atom. The maximum absolute atomic E-state index is 12.0. The van der Waals surface area contributed by atoms with Crippen LogP contribution >= 0.6 is 0 Å². The second-order valence-electron chi connectivity index (χ2n) is 5.78. The minimum Gasteiger partial charge on any atom is -0.347 e. The Hall–Kier alpha value is -2.96. The molecule has 1 aromatic heterocycles. The molecule has 2 amide bonds. The van der Waals surface area contributed by atoms with E-state index in [0.29, 0.717) is 16.9 Å². The van der Waals surface area contributed by atoms with E-state index >= 15 is 0 Å². The van der Waals surface area contributed by atoms with Gasteiger partial charge in [0.15, 0.2) is 5.78 Å². The Kier molecular flexibility index (Phi) is 6.05. The van der Waals surface area contributed by atoms with E-state index < -0.39 is 0 Å². The molecule has 0 bridgehead atoms. The second kappa shape index (κ2) is 8.23. The maximum Gasteiger partial charge on any atom is 0.243 e. The monoisotopic (exact) mass is 342 g/mol. The number of Topliss-reactive ketones (excluding diaryl/α,β-unsaturated/α-hetero) is 1. The molecular weight excluding hydrogens is 320 g/mol. The number of hydrogen-bond acceptors (Lipinski definition) is 4. The zero-order chi connectivity index (χ0) is 18.4. The van der Waals surface area contributed by atoms with Gasteiger partial charge in [0, 0.05) is 25.5 Å². The Labute approximate surface area is 146 Å². The Morgan fingerprint density at radius 3 is 2.32 bits per heavy atom. The number of hydrogen-bond donors (Lipinski definition) is 2. The Morgan fingerprint density at radius 2 is 1.72 bits per heavy atom. The van der Waals surface area contributed by atoms with Gasteiger partial charge in [-0.1, -0.05) is 30.3 Å². The van der Waals surface area contributed by atoms with Crippen LogP contribution in [0.4, 0.5) is 5.69 Å². The number of carbonyl (C=O) groups is 3. The van der Waals surface area contributed by atoms with Gasteiger partial charge in [0.05, 0.1) is 23.6 Å². The highest BCUT2D eigenvalue weighted by atomic mass is 16.2. The Balaban J connectivity index is 1.76. The summed E-state index contributed by atoms with van der Waals surface area (Å²) in [7, 11) is 1.80. The lowest BCUT2D eigenvalue weighted by molar-refractivity contribution is -0.124. The lowest BCUT2D eigenvalue weighted by Gasteiger charge is -2.07. The molecule has 0 aliphatic rings. The van der Waals surface area contributed by atoms with Gasteiger partial charge in [0.1, 0.15) is 0 Å². The molecule has 7 heteroatoms. The van der Waals surface area contributed by atoms with Crippen molar-refractivity contribution in [3.8, 4) is 0 Å². The second-order valence-corrected chi connectivity index (χ2v) is 5.78. The highest BCUT2D eigenvalue weighted by Crippen LogP contribution is 2.17. The van der Waals surface area contributed by atoms with Crippen LogP contribution in [0.5, 0.6) is 0 Å². The maximum atomic E-state index is 12.0. The molecule has 25 heavy (non-hydrogen) atoms. The average molecular weight is 342 g/mol. The number of ketones is 1. The zero-order valence-electron chi connectivity index (χ0n) is 14.6. The number of benzene rings is 1. The number of nitrogens with one attached hydrogen (secondary N) is 2. The fourth-order valence-electron chi connectivity index (χ4n) is 2.40. The molecule has 2 N–H and O–H groups in total. The van der Waals surface area contributed by atoms with Gasteiger partial charge in [-0.05, 0) is 13.8 Å². The van der Waals surface area contributed by atoms with Crippen LogP contribution in [0.2, 0.25) is 0 Å². The number of aryl methyl sites for hydroxylation is 2. The molecule has 1 heterocycles. The van der Waals surface area contributed by atoms with Gasteiger partial charge < -0.3 is 10.6 Å². The third-order valence-electron chi connectivity index (χ3n) is 3.89. The van der Waals surface area contributed by atoms with E-state index in [4.69, 9.17) is 0 Å². The fourth-order valence-corrected chi connectivity index (χ4v) is 2.40. The number of rotatable bonds is 7. The number of aromatic nitrogens is 2. The van der Waals surface area contributed by atoms with Crippen molar-refractivity contribution in [2.24, 2.45) is 7.05 Å². The first-order valence-electron chi connectivity index (χ1n) is 8.03. The Bertz CT molecular complexity index is 781. The molecule has 0 atom stereocenters. The standard InChI is InChI=1S/C18H22N4O3/c1-12-18(13(2)22(3)21-12)20-17(25)11-19-16(24)10-9-15(23)14-7-5-4-6-8-14/h4-8H,9-11H2,1-3H3,(H,19,24)(H,20,25). The summed E-state index contributed by atoms with van der Waals surface area (Å²) >= 11 is 0. The average Bonchev–Trinajstić information content (AvgIpc) is 2.84. The molecule has 0 aliphatic heterocycles. The lowest BCUT2D eigenvalue weighted by Crippen LogP contribution is -2.33. The van der Waals surface area contributed by atoms with E-state index in [1.165, 1.54) is 0 Å². The molecule has 0 fully saturated rings. The molecule has 7 nitrogen and oxygen atoms in total. The predicted octanol–water partition coefficient (Wildman–Crippen LogP) is 1.75. The van der Waals surface area contributed by atoms with Gasteiger partial charge in [0.2, 0.25) is 11.8 Å². The minimum atomic E-state index is -0.334. The van der Waals surface area contributed by atoms with Crippen LogP contribution in [0.25, 0.3) is 0 Å². The van der Waals surface area contributed by atoms with Crippen LogP contribution in [0.3, 0.4) is 0 Å². The molecule has 0 radical (unpaired) electrons. The molecular formula is C18H22N4O3. The first kappa shape index (κ1) is 18.4. The van der Waals surface area contributed by atoms with Crippen LogP contribution in [0.1, 0.15) is 34.6 Å². The van der Waals surface area contributed by atoms with Crippen LogP contribution in [-0.2, 0) is 16.6 Å². The van der Waals surface area contributed by atoms with Crippen molar-refractivity contribution in [3.63, 3.8) is 0 Å². The van der Waals surface area contributed by atoms with Crippen molar-refractivity contribution >= 4 is 23.3 Å². The van der Waals surface area contributed by atoms with E-state index in [9.17, 15) is 14.4 Å². The quantitative estimate of drug-likeness (QED) is 0.750. The van der Waals surface area contributed by atoms with E-state index in [1.54, 1.807) is 42.9 Å². The number of nitrogens with zero attached hydrogens (tertiary/aromatic N) is 2. The van der Waals surface area contributed by atoms with Gasteiger partial charge >= 0.3 is 0 Å². The highest BCUT2D eigenvalue weighted by molar-refractivity contribution is 5.99. The number of carbonyl (C=O) groups excluding carboxylic acids is 3. The third-order valence-corrected chi connectivity index (χ3v) is 3.89. The van der Waals surface area contributed by atoms with Gasteiger partial charge in [-0.25, -0.2) is 0 Å². The lowest BCUT2D eigenvalue weighted by atomic mass is 10.1. The van der Waals surface area contributed by atoms with Gasteiger partial charge in [-0.2, -0.15) is 5.10 Å². The van der Waals surface area contributed by atoms with Crippen molar-refractivity contribution in [2.75, 3.05) is 11.9 Å². The molecule has 132 valence electrons. The summed E-state index contributed by atoms with van der Waals surface area (Å²) in [5.74, 6) is -0.761. The molecule has 2 rings (SSSR count). The van der Waals surface area contributed by atoms with Crippen molar-refractivity contribution in [2.45, 2.75) is 26.7 Å². The van der Waals surface area contributed by atoms with Gasteiger partial charge in [-0.15, -0.1) is 0 Å². The highest BCUT2D eigenvalue weighted by Gasteiger charge is 2.14. The van der Waals surface area contributed by atoms with Gasteiger partial charge in [-0.3, -0.25) is 19.1 Å². The van der Waals surface area contributed by atoms with Crippen molar-refractivity contribution in [1.29, 1.82) is 0 Å². The summed E-state index contributed by atoms with van der Waals surface area (Å²) in [5, 5.41) is 9.48. The predicted molar refractivity (Wildman–Crippen MR) is 94.3 cm³/mol. The number of anilines is 1. The fraction of sp³-hybridized carbons (Fsp3) is 0.333. The van der Waals surface area contributed by atoms with Crippen molar-refractivity contribution in [3.05, 3.63) is 47.3 Å². The van der Waals surface area contributed by atoms with Crippen molar-refractivity contribution in [1.82, 2.24) is 15.1 Å². The number of amides is 2. The smallest absolute Gasteiger partial charge is 0.243 e. The van der Waals surface area contributed by atoms with Crippen LogP contribution in [0, 0.1) is 13.8 Å². The van der Waals surface area contributed by atoms with Crippen molar-refractivity contribution < 1.29 is 14.4 Å². The summed E-state index contributed by atoms with van der Waals surface area (Å²) in [4.78, 5) is 35.7. The first-order chi connectivity index (χ1) is 11.9. The summed E-state index contributed by atoms with van der Waals surface area (Å²) < 4.78 is 1.68.